The highest BCUT2D eigenvalue weighted by atomic mass is 16.5. The van der Waals surface area contributed by atoms with E-state index in [0.717, 1.165) is 18.9 Å². The third-order valence-corrected chi connectivity index (χ3v) is 2.70. The number of hydrogen-bond donors (Lipinski definition) is 1. The van der Waals surface area contributed by atoms with Crippen LogP contribution >= 0.6 is 0 Å². The van der Waals surface area contributed by atoms with Crippen LogP contribution in [0.25, 0.3) is 0 Å². The fraction of sp³-hybridized carbons (Fsp3) is 0.600. The Hall–Kier alpha value is -1.06. The molecule has 1 atom stereocenters. The van der Waals surface area contributed by atoms with Gasteiger partial charge in [0.1, 0.15) is 5.75 Å². The van der Waals surface area contributed by atoms with Crippen LogP contribution in [0.1, 0.15) is 32.4 Å². The summed E-state index contributed by atoms with van der Waals surface area (Å²) in [6.07, 6.45) is 0. The van der Waals surface area contributed by atoms with Gasteiger partial charge in [-0.1, -0.05) is 32.9 Å². The summed E-state index contributed by atoms with van der Waals surface area (Å²) in [5, 5.41) is 3.44. The van der Waals surface area contributed by atoms with Crippen molar-refractivity contribution in [2.24, 2.45) is 5.92 Å². The van der Waals surface area contributed by atoms with Gasteiger partial charge in [-0.05, 0) is 30.2 Å². The summed E-state index contributed by atoms with van der Waals surface area (Å²) in [6, 6.07) is 8.40. The summed E-state index contributed by atoms with van der Waals surface area (Å²) >= 11 is 0. The predicted molar refractivity (Wildman–Crippen MR) is 75.1 cm³/mol. The molecule has 0 saturated carbocycles. The van der Waals surface area contributed by atoms with Gasteiger partial charge in [0.2, 0.25) is 0 Å². The summed E-state index contributed by atoms with van der Waals surface area (Å²) in [6.45, 7) is 8.88. The lowest BCUT2D eigenvalue weighted by atomic mass is 10.1. The largest absolute Gasteiger partial charge is 0.497 e. The SMILES string of the molecule is CCNC(COCC(C)C)c1ccc(OC)cc1. The molecule has 1 N–H and O–H groups in total. The van der Waals surface area contributed by atoms with E-state index in [1.807, 2.05) is 12.1 Å². The van der Waals surface area contributed by atoms with Gasteiger partial charge in [-0.15, -0.1) is 0 Å². The van der Waals surface area contributed by atoms with Gasteiger partial charge >= 0.3 is 0 Å². The number of ether oxygens (including phenoxy) is 2. The molecule has 0 saturated heterocycles. The van der Waals surface area contributed by atoms with E-state index >= 15 is 0 Å². The van der Waals surface area contributed by atoms with Gasteiger partial charge in [0.25, 0.3) is 0 Å². The zero-order valence-electron chi connectivity index (χ0n) is 11.9. The molecular formula is C15H25NO2. The van der Waals surface area contributed by atoms with Crippen molar-refractivity contribution < 1.29 is 9.47 Å². The lowest BCUT2D eigenvalue weighted by Gasteiger charge is -2.19. The van der Waals surface area contributed by atoms with Gasteiger partial charge in [-0.2, -0.15) is 0 Å². The van der Waals surface area contributed by atoms with Crippen LogP contribution in [0.3, 0.4) is 0 Å². The van der Waals surface area contributed by atoms with E-state index < -0.39 is 0 Å². The van der Waals surface area contributed by atoms with E-state index in [2.05, 4.69) is 38.2 Å². The van der Waals surface area contributed by atoms with Gasteiger partial charge in [0.15, 0.2) is 0 Å². The van der Waals surface area contributed by atoms with Crippen LogP contribution in [0.15, 0.2) is 24.3 Å². The summed E-state index contributed by atoms with van der Waals surface area (Å²) in [5.41, 5.74) is 1.24. The molecule has 1 unspecified atom stereocenters. The molecule has 1 aromatic rings. The maximum absolute atomic E-state index is 5.73. The maximum Gasteiger partial charge on any atom is 0.118 e. The molecule has 0 aliphatic rings. The monoisotopic (exact) mass is 251 g/mol. The van der Waals surface area contributed by atoms with E-state index in [1.54, 1.807) is 7.11 Å². The minimum atomic E-state index is 0.250. The standard InChI is InChI=1S/C15H25NO2/c1-5-16-15(11-18-10-12(2)3)13-6-8-14(17-4)9-7-13/h6-9,12,15-16H,5,10-11H2,1-4H3. The molecule has 0 radical (unpaired) electrons. The fourth-order valence-electron chi connectivity index (χ4n) is 1.78. The second kappa shape index (κ2) is 8.11. The zero-order chi connectivity index (χ0) is 13.4. The first-order chi connectivity index (χ1) is 8.67. The molecule has 0 spiro atoms. The van der Waals surface area contributed by atoms with Crippen LogP contribution in [-0.2, 0) is 4.74 Å². The molecule has 3 heteroatoms. The molecule has 1 aromatic carbocycles. The second-order valence-corrected chi connectivity index (χ2v) is 4.81. The Kier molecular flexibility index (Phi) is 6.76. The van der Waals surface area contributed by atoms with Crippen molar-refractivity contribution in [3.8, 4) is 5.75 Å². The number of benzene rings is 1. The van der Waals surface area contributed by atoms with E-state index in [9.17, 15) is 0 Å². The van der Waals surface area contributed by atoms with Crippen molar-refractivity contribution in [3.63, 3.8) is 0 Å². The molecule has 0 aromatic heterocycles. The van der Waals surface area contributed by atoms with Crippen molar-refractivity contribution in [1.82, 2.24) is 5.32 Å². The van der Waals surface area contributed by atoms with Crippen LogP contribution in [0.2, 0.25) is 0 Å². The summed E-state index contributed by atoms with van der Waals surface area (Å²) < 4.78 is 10.9. The highest BCUT2D eigenvalue weighted by Crippen LogP contribution is 2.18. The Bertz CT molecular complexity index is 322. The van der Waals surface area contributed by atoms with Gasteiger partial charge in [-0.25, -0.2) is 0 Å². The molecule has 0 aliphatic carbocycles. The first-order valence-corrected chi connectivity index (χ1v) is 6.62. The quantitative estimate of drug-likeness (QED) is 0.770. The van der Waals surface area contributed by atoms with Crippen LogP contribution in [0.5, 0.6) is 5.75 Å². The minimum Gasteiger partial charge on any atom is -0.497 e. The molecular weight excluding hydrogens is 226 g/mol. The third kappa shape index (κ3) is 5.07. The van der Waals surface area contributed by atoms with Gasteiger partial charge in [0.05, 0.1) is 19.8 Å². The molecule has 0 fully saturated rings. The molecule has 0 bridgehead atoms. The number of nitrogens with one attached hydrogen (secondary N) is 1. The van der Waals surface area contributed by atoms with Crippen LogP contribution in [0, 0.1) is 5.92 Å². The summed E-state index contributed by atoms with van der Waals surface area (Å²) in [5.74, 6) is 1.46. The van der Waals surface area contributed by atoms with Crippen molar-refractivity contribution >= 4 is 0 Å². The summed E-state index contributed by atoms with van der Waals surface area (Å²) in [4.78, 5) is 0. The Balaban J connectivity index is 2.58. The molecule has 18 heavy (non-hydrogen) atoms. The number of likely N-dealkylation sites (N-methyl/N-ethyl adjacent to an activating group) is 1. The zero-order valence-corrected chi connectivity index (χ0v) is 11.9. The Labute approximate surface area is 110 Å². The second-order valence-electron chi connectivity index (χ2n) is 4.81. The van der Waals surface area contributed by atoms with Crippen molar-refractivity contribution in [1.29, 1.82) is 0 Å². The lowest BCUT2D eigenvalue weighted by molar-refractivity contribution is 0.0905. The first kappa shape index (κ1) is 15.0. The Morgan fingerprint density at radius 2 is 1.78 bits per heavy atom. The predicted octanol–water partition coefficient (Wildman–Crippen LogP) is 3.02. The van der Waals surface area contributed by atoms with Gasteiger partial charge in [0, 0.05) is 6.61 Å². The normalized spacial score (nSPS) is 12.7. The molecule has 3 nitrogen and oxygen atoms in total. The molecule has 1 rings (SSSR count). The first-order valence-electron chi connectivity index (χ1n) is 6.62. The Morgan fingerprint density at radius 3 is 2.28 bits per heavy atom. The van der Waals surface area contributed by atoms with E-state index in [4.69, 9.17) is 9.47 Å². The van der Waals surface area contributed by atoms with Crippen molar-refractivity contribution in [2.75, 3.05) is 26.9 Å². The lowest BCUT2D eigenvalue weighted by Crippen LogP contribution is -2.26. The highest BCUT2D eigenvalue weighted by molar-refractivity contribution is 5.29. The molecule has 102 valence electrons. The topological polar surface area (TPSA) is 30.5 Å². The average molecular weight is 251 g/mol. The molecule has 0 amide bonds. The smallest absolute Gasteiger partial charge is 0.118 e. The van der Waals surface area contributed by atoms with Crippen LogP contribution < -0.4 is 10.1 Å². The minimum absolute atomic E-state index is 0.250. The summed E-state index contributed by atoms with van der Waals surface area (Å²) in [7, 11) is 1.68. The Morgan fingerprint density at radius 1 is 1.11 bits per heavy atom. The maximum atomic E-state index is 5.73. The van der Waals surface area contributed by atoms with Crippen molar-refractivity contribution in [2.45, 2.75) is 26.8 Å². The van der Waals surface area contributed by atoms with Gasteiger partial charge < -0.3 is 14.8 Å². The van der Waals surface area contributed by atoms with E-state index in [1.165, 1.54) is 5.56 Å². The molecule has 0 heterocycles. The molecule has 0 aliphatic heterocycles. The third-order valence-electron chi connectivity index (χ3n) is 2.70. The van der Waals surface area contributed by atoms with E-state index in [0.29, 0.717) is 12.5 Å². The van der Waals surface area contributed by atoms with E-state index in [-0.39, 0.29) is 6.04 Å². The average Bonchev–Trinajstić information content (AvgIpc) is 2.37. The fourth-order valence-corrected chi connectivity index (χ4v) is 1.78. The van der Waals surface area contributed by atoms with Crippen LogP contribution in [0.4, 0.5) is 0 Å². The van der Waals surface area contributed by atoms with Gasteiger partial charge in [-0.3, -0.25) is 0 Å². The highest BCUT2D eigenvalue weighted by Gasteiger charge is 2.10. The van der Waals surface area contributed by atoms with Crippen LogP contribution in [-0.4, -0.2) is 26.9 Å². The van der Waals surface area contributed by atoms with Crippen molar-refractivity contribution in [3.05, 3.63) is 29.8 Å². The number of methoxy groups -OCH3 is 1. The number of rotatable bonds is 8. The number of hydrogen-bond acceptors (Lipinski definition) is 3.